The minimum Gasteiger partial charge on any atom is -0.469 e. The number of aromatic nitrogens is 1. The molecule has 3 rings (SSSR count). The second-order valence-corrected chi connectivity index (χ2v) is 7.74. The van der Waals surface area contributed by atoms with E-state index in [9.17, 15) is 18.0 Å². The fourth-order valence-corrected chi connectivity index (χ4v) is 3.90. The van der Waals surface area contributed by atoms with Gasteiger partial charge in [0.15, 0.2) is 5.13 Å². The van der Waals surface area contributed by atoms with Gasteiger partial charge in [-0.2, -0.15) is 13.2 Å². The van der Waals surface area contributed by atoms with Crippen LogP contribution in [0.15, 0.2) is 46.4 Å². The van der Waals surface area contributed by atoms with E-state index in [0.29, 0.717) is 29.4 Å². The number of rotatable bonds is 6. The molecule has 0 spiro atoms. The number of carbonyl (C=O) groups is 1. The Morgan fingerprint density at radius 1 is 1.34 bits per heavy atom. The summed E-state index contributed by atoms with van der Waals surface area (Å²) in [6.45, 7) is 1.91. The molecule has 0 radical (unpaired) electrons. The van der Waals surface area contributed by atoms with Crippen molar-refractivity contribution < 1.29 is 22.4 Å². The van der Waals surface area contributed by atoms with Crippen molar-refractivity contribution in [2.75, 3.05) is 11.9 Å². The van der Waals surface area contributed by atoms with Gasteiger partial charge in [-0.15, -0.1) is 11.3 Å². The Hall–Kier alpha value is -2.32. The van der Waals surface area contributed by atoms with Crippen molar-refractivity contribution in [3.63, 3.8) is 0 Å². The van der Waals surface area contributed by atoms with Gasteiger partial charge in [-0.25, -0.2) is 4.98 Å². The van der Waals surface area contributed by atoms with E-state index < -0.39 is 11.7 Å². The molecule has 0 aliphatic heterocycles. The van der Waals surface area contributed by atoms with Gasteiger partial charge in [0.1, 0.15) is 5.76 Å². The Labute approximate surface area is 174 Å². The van der Waals surface area contributed by atoms with E-state index in [1.807, 2.05) is 13.0 Å². The van der Waals surface area contributed by atoms with Crippen molar-refractivity contribution >= 4 is 34.0 Å². The summed E-state index contributed by atoms with van der Waals surface area (Å²) in [6.07, 6.45) is -1.85. The van der Waals surface area contributed by atoms with Crippen LogP contribution in [0.3, 0.4) is 0 Å². The third kappa shape index (κ3) is 4.82. The topological polar surface area (TPSA) is 46.3 Å². The van der Waals surface area contributed by atoms with Crippen molar-refractivity contribution in [3.05, 3.63) is 58.3 Å². The van der Waals surface area contributed by atoms with Crippen LogP contribution in [0.5, 0.6) is 0 Å². The maximum Gasteiger partial charge on any atom is 0.416 e. The number of amides is 1. The molecule has 4 nitrogen and oxygen atoms in total. The lowest BCUT2D eigenvalue weighted by molar-refractivity contribution is -0.137. The standard InChI is InChI=1S/C20H18ClF3N2O2S/c1-3-12(9-14-5-4-8-28-14)18(27)26(2)19-25-17(11-29-19)15-10-13(20(22,23)24)6-7-16(15)21/h4-8,10-12H,3,9H2,1-2H3/t12-/m1/s1. The highest BCUT2D eigenvalue weighted by molar-refractivity contribution is 7.14. The van der Waals surface area contributed by atoms with E-state index in [4.69, 9.17) is 16.0 Å². The number of hydrogen-bond acceptors (Lipinski definition) is 4. The molecule has 2 heterocycles. The Morgan fingerprint density at radius 2 is 2.10 bits per heavy atom. The smallest absolute Gasteiger partial charge is 0.416 e. The summed E-state index contributed by atoms with van der Waals surface area (Å²) < 4.78 is 44.4. The summed E-state index contributed by atoms with van der Waals surface area (Å²) in [6, 6.07) is 6.67. The van der Waals surface area contributed by atoms with Gasteiger partial charge in [-0.1, -0.05) is 18.5 Å². The zero-order valence-corrected chi connectivity index (χ0v) is 17.2. The van der Waals surface area contributed by atoms with Crippen LogP contribution in [0.25, 0.3) is 11.3 Å². The Morgan fingerprint density at radius 3 is 2.72 bits per heavy atom. The lowest BCUT2D eigenvalue weighted by atomic mass is 9.99. The van der Waals surface area contributed by atoms with Gasteiger partial charge in [-0.3, -0.25) is 9.69 Å². The van der Waals surface area contributed by atoms with Crippen molar-refractivity contribution in [1.29, 1.82) is 0 Å². The number of thiazole rings is 1. The first-order valence-corrected chi connectivity index (χ1v) is 10.1. The molecule has 3 aromatic rings. The maximum atomic E-state index is 13.0. The Balaban J connectivity index is 1.83. The number of halogens is 4. The molecule has 2 aromatic heterocycles. The average molecular weight is 443 g/mol. The number of benzene rings is 1. The van der Waals surface area contributed by atoms with Gasteiger partial charge >= 0.3 is 6.18 Å². The number of alkyl halides is 3. The lowest BCUT2D eigenvalue weighted by Gasteiger charge is -2.20. The zero-order valence-electron chi connectivity index (χ0n) is 15.7. The van der Waals surface area contributed by atoms with Gasteiger partial charge in [0.05, 0.1) is 22.5 Å². The first-order chi connectivity index (χ1) is 13.7. The van der Waals surface area contributed by atoms with Crippen molar-refractivity contribution in [1.82, 2.24) is 4.98 Å². The lowest BCUT2D eigenvalue weighted by Crippen LogP contribution is -2.33. The summed E-state index contributed by atoms with van der Waals surface area (Å²) in [5.41, 5.74) is -0.340. The Kier molecular flexibility index (Phi) is 6.33. The van der Waals surface area contributed by atoms with Crippen LogP contribution in [0.1, 0.15) is 24.7 Å². The minimum atomic E-state index is -4.48. The molecule has 0 unspecified atom stereocenters. The molecule has 0 fully saturated rings. The molecule has 0 aliphatic carbocycles. The van der Waals surface area contributed by atoms with Gasteiger partial charge in [0.2, 0.25) is 5.91 Å². The summed E-state index contributed by atoms with van der Waals surface area (Å²) in [5.74, 6) is 0.282. The van der Waals surface area contributed by atoms with E-state index >= 15 is 0 Å². The summed E-state index contributed by atoms with van der Waals surface area (Å²) >= 11 is 7.26. The highest BCUT2D eigenvalue weighted by Crippen LogP contribution is 2.37. The predicted octanol–water partition coefficient (Wildman–Crippen LogP) is 6.31. The van der Waals surface area contributed by atoms with Crippen LogP contribution in [-0.4, -0.2) is 17.9 Å². The molecular formula is C20H18ClF3N2O2S. The highest BCUT2D eigenvalue weighted by atomic mass is 35.5. The molecule has 0 aliphatic rings. The zero-order chi connectivity index (χ0) is 21.2. The van der Waals surface area contributed by atoms with Gasteiger partial charge in [-0.05, 0) is 36.8 Å². The fraction of sp³-hybridized carbons (Fsp3) is 0.300. The third-order valence-electron chi connectivity index (χ3n) is 4.55. The molecule has 29 heavy (non-hydrogen) atoms. The number of carbonyl (C=O) groups excluding carboxylic acids is 1. The molecule has 154 valence electrons. The van der Waals surface area contributed by atoms with Crippen molar-refractivity contribution in [2.24, 2.45) is 5.92 Å². The van der Waals surface area contributed by atoms with Gasteiger partial charge in [0, 0.05) is 30.3 Å². The Bertz CT molecular complexity index is 986. The molecule has 0 N–H and O–H groups in total. The molecule has 0 saturated heterocycles. The minimum absolute atomic E-state index is 0.139. The molecule has 1 aromatic carbocycles. The third-order valence-corrected chi connectivity index (χ3v) is 5.80. The van der Waals surface area contributed by atoms with Crippen molar-refractivity contribution in [3.8, 4) is 11.3 Å². The average Bonchev–Trinajstić information content (AvgIpc) is 3.36. The largest absolute Gasteiger partial charge is 0.469 e. The van der Waals surface area contributed by atoms with Crippen LogP contribution in [0.4, 0.5) is 18.3 Å². The predicted molar refractivity (Wildman–Crippen MR) is 107 cm³/mol. The molecule has 1 amide bonds. The molecule has 0 bridgehead atoms. The quantitative estimate of drug-likeness (QED) is 0.449. The first-order valence-electron chi connectivity index (χ1n) is 8.83. The summed E-state index contributed by atoms with van der Waals surface area (Å²) in [5, 5.41) is 2.14. The number of anilines is 1. The van der Waals surface area contributed by atoms with E-state index in [0.717, 1.165) is 12.1 Å². The second kappa shape index (κ2) is 8.59. The van der Waals surface area contributed by atoms with Crippen LogP contribution in [0, 0.1) is 5.92 Å². The van der Waals surface area contributed by atoms with E-state index in [-0.39, 0.29) is 22.4 Å². The normalized spacial score (nSPS) is 12.8. The summed E-state index contributed by atoms with van der Waals surface area (Å²) in [4.78, 5) is 18.6. The van der Waals surface area contributed by atoms with Crippen LogP contribution < -0.4 is 4.90 Å². The van der Waals surface area contributed by atoms with Gasteiger partial charge < -0.3 is 4.42 Å². The van der Waals surface area contributed by atoms with E-state index in [1.165, 1.54) is 22.3 Å². The summed E-state index contributed by atoms with van der Waals surface area (Å²) in [7, 11) is 1.60. The molecule has 9 heteroatoms. The monoisotopic (exact) mass is 442 g/mol. The number of nitrogens with zero attached hydrogens (tertiary/aromatic N) is 2. The van der Waals surface area contributed by atoms with Crippen LogP contribution >= 0.6 is 22.9 Å². The van der Waals surface area contributed by atoms with Crippen LogP contribution in [0.2, 0.25) is 5.02 Å². The second-order valence-electron chi connectivity index (χ2n) is 6.49. The number of hydrogen-bond donors (Lipinski definition) is 0. The maximum absolute atomic E-state index is 13.0. The fourth-order valence-electron chi connectivity index (χ4n) is 2.89. The first kappa shape index (κ1) is 21.4. The van der Waals surface area contributed by atoms with Crippen LogP contribution in [-0.2, 0) is 17.4 Å². The SMILES string of the molecule is CC[C@H](Cc1ccco1)C(=O)N(C)c1nc(-c2cc(C(F)(F)F)ccc2Cl)cs1. The molecule has 1 atom stereocenters. The number of furan rings is 1. The molecule has 0 saturated carbocycles. The van der Waals surface area contributed by atoms with Crippen molar-refractivity contribution in [2.45, 2.75) is 25.9 Å². The van der Waals surface area contributed by atoms with Gasteiger partial charge in [0.25, 0.3) is 0 Å². The molecular weight excluding hydrogens is 425 g/mol. The van der Waals surface area contributed by atoms with E-state index in [2.05, 4.69) is 4.98 Å². The highest BCUT2D eigenvalue weighted by Gasteiger charge is 2.31. The van der Waals surface area contributed by atoms with E-state index in [1.54, 1.807) is 24.8 Å².